The third kappa shape index (κ3) is 1.60. The lowest BCUT2D eigenvalue weighted by Gasteiger charge is -2.00. The van der Waals surface area contributed by atoms with Gasteiger partial charge in [-0.25, -0.2) is 8.78 Å². The monoisotopic (exact) mass is 207 g/mol. The number of nitrogens with zero attached hydrogens (tertiary/aromatic N) is 1. The van der Waals surface area contributed by atoms with Crippen molar-refractivity contribution in [3.63, 3.8) is 0 Å². The molecule has 13 heavy (non-hydrogen) atoms. The predicted molar refractivity (Wildman–Crippen MR) is 42.8 cm³/mol. The highest BCUT2D eigenvalue weighted by atomic mass is 35.5. The molecule has 0 aliphatic heterocycles. The molecule has 0 amide bonds. The van der Waals surface area contributed by atoms with Gasteiger partial charge in [0.1, 0.15) is 0 Å². The summed E-state index contributed by atoms with van der Waals surface area (Å²) in [6, 6.07) is 0.890. The van der Waals surface area contributed by atoms with Crippen LogP contribution in [0.1, 0.15) is 5.56 Å². The number of benzene rings is 1. The summed E-state index contributed by atoms with van der Waals surface area (Å²) >= 11 is 5.21. The highest BCUT2D eigenvalue weighted by Gasteiger charge is 2.21. The van der Waals surface area contributed by atoms with Crippen LogP contribution in [0.25, 0.3) is 0 Å². The van der Waals surface area contributed by atoms with Crippen molar-refractivity contribution in [2.24, 2.45) is 0 Å². The molecule has 1 aromatic carbocycles. The van der Waals surface area contributed by atoms with E-state index >= 15 is 0 Å². The Morgan fingerprint density at radius 1 is 1.46 bits per heavy atom. The van der Waals surface area contributed by atoms with Gasteiger partial charge in [0.05, 0.1) is 4.92 Å². The largest absolute Gasteiger partial charge is 0.291 e. The van der Waals surface area contributed by atoms with Crippen LogP contribution in [-0.4, -0.2) is 4.92 Å². The van der Waals surface area contributed by atoms with E-state index in [-0.39, 0.29) is 5.56 Å². The van der Waals surface area contributed by atoms with Gasteiger partial charge >= 0.3 is 0 Å². The van der Waals surface area contributed by atoms with Gasteiger partial charge in [-0.2, -0.15) is 0 Å². The molecule has 0 saturated carbocycles. The van der Waals surface area contributed by atoms with Crippen molar-refractivity contribution in [3.05, 3.63) is 38.4 Å². The maximum atomic E-state index is 12.8. The first-order valence-electron chi connectivity index (χ1n) is 3.23. The van der Waals surface area contributed by atoms with E-state index < -0.39 is 27.3 Å². The standard InChI is InChI=1S/C7H4ClF2NO2/c1-3-2-4(11(12)13)5(8)7(10)6(3)9/h2H,1H3. The van der Waals surface area contributed by atoms with Crippen LogP contribution in [-0.2, 0) is 0 Å². The molecule has 0 N–H and O–H groups in total. The highest BCUT2D eigenvalue weighted by Crippen LogP contribution is 2.30. The van der Waals surface area contributed by atoms with Gasteiger partial charge in [0.2, 0.25) is 0 Å². The van der Waals surface area contributed by atoms with E-state index in [0.29, 0.717) is 0 Å². The third-order valence-electron chi connectivity index (χ3n) is 1.51. The van der Waals surface area contributed by atoms with Crippen molar-refractivity contribution in [2.45, 2.75) is 6.92 Å². The van der Waals surface area contributed by atoms with Gasteiger partial charge in [0.15, 0.2) is 16.7 Å². The van der Waals surface area contributed by atoms with Gasteiger partial charge in [-0.05, 0) is 12.5 Å². The van der Waals surface area contributed by atoms with Crippen LogP contribution in [0.2, 0.25) is 5.02 Å². The summed E-state index contributed by atoms with van der Waals surface area (Å²) in [5, 5.41) is 9.47. The van der Waals surface area contributed by atoms with E-state index in [4.69, 9.17) is 11.6 Å². The van der Waals surface area contributed by atoms with E-state index in [1.54, 1.807) is 0 Å². The van der Waals surface area contributed by atoms with Crippen LogP contribution >= 0.6 is 11.6 Å². The predicted octanol–water partition coefficient (Wildman–Crippen LogP) is 2.83. The van der Waals surface area contributed by atoms with E-state index in [0.717, 1.165) is 6.07 Å². The molecule has 0 saturated heterocycles. The molecule has 0 spiro atoms. The van der Waals surface area contributed by atoms with Crippen LogP contribution in [0.4, 0.5) is 14.5 Å². The lowest BCUT2D eigenvalue weighted by atomic mass is 10.2. The topological polar surface area (TPSA) is 43.1 Å². The molecular weight excluding hydrogens is 204 g/mol. The first-order valence-corrected chi connectivity index (χ1v) is 3.61. The highest BCUT2D eigenvalue weighted by molar-refractivity contribution is 6.32. The van der Waals surface area contributed by atoms with Crippen LogP contribution in [0.5, 0.6) is 0 Å². The average molecular weight is 208 g/mol. The summed E-state index contributed by atoms with van der Waals surface area (Å²) < 4.78 is 25.6. The third-order valence-corrected chi connectivity index (χ3v) is 1.87. The number of nitro groups is 1. The molecule has 0 bridgehead atoms. The first-order chi connectivity index (χ1) is 5.95. The molecular formula is C7H4ClF2NO2. The summed E-state index contributed by atoms with van der Waals surface area (Å²) in [4.78, 5) is 9.41. The number of rotatable bonds is 1. The fourth-order valence-corrected chi connectivity index (χ4v) is 1.05. The molecule has 1 aromatic rings. The van der Waals surface area contributed by atoms with Crippen LogP contribution in [0, 0.1) is 28.7 Å². The zero-order valence-electron chi connectivity index (χ0n) is 6.47. The van der Waals surface area contributed by atoms with Crippen LogP contribution in [0.3, 0.4) is 0 Å². The minimum absolute atomic E-state index is 0.145. The number of halogens is 3. The van der Waals surface area contributed by atoms with Crippen molar-refractivity contribution < 1.29 is 13.7 Å². The maximum absolute atomic E-state index is 12.8. The number of hydrogen-bond acceptors (Lipinski definition) is 2. The summed E-state index contributed by atoms with van der Waals surface area (Å²) in [6.07, 6.45) is 0. The van der Waals surface area contributed by atoms with Gasteiger partial charge in [-0.3, -0.25) is 10.1 Å². The Kier molecular flexibility index (Phi) is 2.47. The molecule has 0 fully saturated rings. The van der Waals surface area contributed by atoms with Crippen LogP contribution in [0.15, 0.2) is 6.07 Å². The second-order valence-corrected chi connectivity index (χ2v) is 2.79. The lowest BCUT2D eigenvalue weighted by molar-refractivity contribution is -0.385. The molecule has 70 valence electrons. The van der Waals surface area contributed by atoms with Crippen molar-refractivity contribution in [1.29, 1.82) is 0 Å². The SMILES string of the molecule is Cc1cc([N+](=O)[O-])c(Cl)c(F)c1F. The van der Waals surface area contributed by atoms with Gasteiger partial charge in [0, 0.05) is 6.07 Å². The Morgan fingerprint density at radius 2 is 2.00 bits per heavy atom. The van der Waals surface area contributed by atoms with Crippen molar-refractivity contribution in [1.82, 2.24) is 0 Å². The van der Waals surface area contributed by atoms with E-state index in [1.165, 1.54) is 6.92 Å². The molecule has 0 atom stereocenters. The van der Waals surface area contributed by atoms with Crippen molar-refractivity contribution in [2.75, 3.05) is 0 Å². The minimum atomic E-state index is -1.38. The average Bonchev–Trinajstić information content (AvgIpc) is 2.07. The van der Waals surface area contributed by atoms with Crippen molar-refractivity contribution >= 4 is 17.3 Å². The fourth-order valence-electron chi connectivity index (χ4n) is 0.847. The normalized spacial score (nSPS) is 10.2. The van der Waals surface area contributed by atoms with E-state index in [9.17, 15) is 18.9 Å². The second-order valence-electron chi connectivity index (χ2n) is 2.41. The summed E-state index contributed by atoms with van der Waals surface area (Å²) in [5.41, 5.74) is -0.772. The Morgan fingerprint density at radius 3 is 2.46 bits per heavy atom. The second kappa shape index (κ2) is 3.26. The first kappa shape index (κ1) is 9.85. The number of aryl methyl sites for hydroxylation is 1. The fraction of sp³-hybridized carbons (Fsp3) is 0.143. The molecule has 3 nitrogen and oxygen atoms in total. The molecule has 0 radical (unpaired) electrons. The van der Waals surface area contributed by atoms with E-state index in [2.05, 4.69) is 0 Å². The minimum Gasteiger partial charge on any atom is -0.258 e. The van der Waals surface area contributed by atoms with Gasteiger partial charge in [-0.15, -0.1) is 0 Å². The number of nitro benzene ring substituents is 1. The molecule has 6 heteroatoms. The Hall–Kier alpha value is -1.23. The smallest absolute Gasteiger partial charge is 0.258 e. The molecule has 1 rings (SSSR count). The molecule has 0 aromatic heterocycles. The van der Waals surface area contributed by atoms with Crippen LogP contribution < -0.4 is 0 Å². The molecule has 0 unspecified atom stereocenters. The Balaban J connectivity index is 3.50. The quantitative estimate of drug-likeness (QED) is 0.404. The molecule has 0 aliphatic rings. The van der Waals surface area contributed by atoms with Gasteiger partial charge in [0.25, 0.3) is 5.69 Å². The van der Waals surface area contributed by atoms with Gasteiger partial charge < -0.3 is 0 Å². The zero-order chi connectivity index (χ0) is 10.2. The Labute approximate surface area is 77.1 Å². The molecule has 0 aliphatic carbocycles. The van der Waals surface area contributed by atoms with E-state index in [1.807, 2.05) is 0 Å². The summed E-state index contributed by atoms with van der Waals surface area (Å²) in [6.45, 7) is 1.22. The Bertz CT molecular complexity index is 381. The van der Waals surface area contributed by atoms with Gasteiger partial charge in [-0.1, -0.05) is 11.6 Å². The summed E-state index contributed by atoms with van der Waals surface area (Å²) in [7, 11) is 0. The van der Waals surface area contributed by atoms with Crippen molar-refractivity contribution in [3.8, 4) is 0 Å². The molecule has 0 heterocycles. The lowest BCUT2D eigenvalue weighted by Crippen LogP contribution is -1.97. The zero-order valence-corrected chi connectivity index (χ0v) is 7.23. The number of hydrogen-bond donors (Lipinski definition) is 0. The summed E-state index contributed by atoms with van der Waals surface area (Å²) in [5.74, 6) is -2.54. The maximum Gasteiger partial charge on any atom is 0.291 e.